The molecule has 0 bridgehead atoms. The van der Waals surface area contributed by atoms with Gasteiger partial charge in [-0.25, -0.2) is 0 Å². The van der Waals surface area contributed by atoms with E-state index in [4.69, 9.17) is 4.28 Å². The van der Waals surface area contributed by atoms with Crippen molar-refractivity contribution in [1.82, 2.24) is 5.48 Å². The van der Waals surface area contributed by atoms with Crippen molar-refractivity contribution in [2.45, 2.75) is 57.7 Å². The van der Waals surface area contributed by atoms with Gasteiger partial charge in [-0.3, -0.25) is 0 Å². The first-order valence-corrected chi connectivity index (χ1v) is 12.1. The number of unbranched alkanes of at least 4 members (excludes halogenated alkanes) is 5. The predicted molar refractivity (Wildman–Crippen MR) is 116 cm³/mol. The molecule has 0 amide bonds. The molecule has 0 radical (unpaired) electrons. The van der Waals surface area contributed by atoms with Crippen molar-refractivity contribution in [1.29, 1.82) is 5.26 Å². The van der Waals surface area contributed by atoms with E-state index < -0.39 is 10.1 Å². The van der Waals surface area contributed by atoms with Crippen LogP contribution in [0.15, 0.2) is 41.3 Å². The minimum atomic E-state index is -3.60. The Balaban J connectivity index is 1.85. The molecule has 1 aliphatic heterocycles. The number of nitriles is 1. The Hall–Kier alpha value is -1.59. The van der Waals surface area contributed by atoms with Crippen molar-refractivity contribution in [2.75, 3.05) is 5.75 Å². The molecule has 0 aliphatic carbocycles. The standard InChI is InChI=1S/C21H28N2O3S2/c1-3-4-5-6-7-10-15-28(24,25)26-23-21-14-13-20(27-21)19(16-22)18-12-9-8-11-17(18)2/h8-9,11-14,21,23H,3-7,10,15H2,1-2H3/b20-19+. The quantitative estimate of drug-likeness (QED) is 0.306. The van der Waals surface area contributed by atoms with Gasteiger partial charge in [0.1, 0.15) is 11.4 Å². The Morgan fingerprint density at radius 2 is 1.93 bits per heavy atom. The van der Waals surface area contributed by atoms with E-state index in [1.54, 1.807) is 6.08 Å². The highest BCUT2D eigenvalue weighted by Gasteiger charge is 2.21. The minimum absolute atomic E-state index is 0.0164. The van der Waals surface area contributed by atoms with E-state index in [9.17, 15) is 13.7 Å². The number of aryl methyl sites for hydroxylation is 1. The lowest BCUT2D eigenvalue weighted by atomic mass is 10.0. The van der Waals surface area contributed by atoms with E-state index >= 15 is 0 Å². The first-order chi connectivity index (χ1) is 13.5. The molecule has 152 valence electrons. The zero-order chi connectivity index (χ0) is 20.4. The number of hydrogen-bond acceptors (Lipinski definition) is 6. The molecule has 0 saturated carbocycles. The number of allylic oxidation sites excluding steroid dienone is 2. The van der Waals surface area contributed by atoms with Crippen LogP contribution in [0.1, 0.15) is 56.6 Å². The van der Waals surface area contributed by atoms with Crippen molar-refractivity contribution >= 4 is 27.5 Å². The molecular weight excluding hydrogens is 392 g/mol. The SMILES string of the molecule is CCCCCCCCS(=O)(=O)ONC1C=C/C(=C(/C#N)c2ccccc2C)S1. The second kappa shape index (κ2) is 11.4. The summed E-state index contributed by atoms with van der Waals surface area (Å²) in [6.45, 7) is 4.12. The maximum atomic E-state index is 12.0. The number of rotatable bonds is 11. The maximum Gasteiger partial charge on any atom is 0.283 e. The topological polar surface area (TPSA) is 79.2 Å². The largest absolute Gasteiger partial charge is 0.283 e. The summed E-state index contributed by atoms with van der Waals surface area (Å²) in [5.41, 5.74) is 5.09. The zero-order valence-corrected chi connectivity index (χ0v) is 18.1. The van der Waals surface area contributed by atoms with Gasteiger partial charge in [-0.1, -0.05) is 81.1 Å². The van der Waals surface area contributed by atoms with Gasteiger partial charge < -0.3 is 0 Å². The summed E-state index contributed by atoms with van der Waals surface area (Å²) in [6, 6.07) is 9.97. The van der Waals surface area contributed by atoms with Crippen LogP contribution in [0, 0.1) is 18.3 Å². The van der Waals surface area contributed by atoms with Gasteiger partial charge in [-0.15, -0.1) is 0 Å². The second-order valence-electron chi connectivity index (χ2n) is 6.79. The smallest absolute Gasteiger partial charge is 0.198 e. The van der Waals surface area contributed by atoms with E-state index in [-0.39, 0.29) is 11.1 Å². The zero-order valence-electron chi connectivity index (χ0n) is 16.5. The molecular formula is C21H28N2O3S2. The summed E-state index contributed by atoms with van der Waals surface area (Å²) in [7, 11) is -3.60. The lowest BCUT2D eigenvalue weighted by molar-refractivity contribution is 0.208. The summed E-state index contributed by atoms with van der Waals surface area (Å²) in [6.07, 6.45) is 9.71. The molecule has 0 fully saturated rings. The Morgan fingerprint density at radius 3 is 2.64 bits per heavy atom. The van der Waals surface area contributed by atoms with Gasteiger partial charge in [0, 0.05) is 4.91 Å². The summed E-state index contributed by atoms with van der Waals surface area (Å²) in [4.78, 5) is 0.797. The first-order valence-electron chi connectivity index (χ1n) is 9.68. The van der Waals surface area contributed by atoms with Gasteiger partial charge in [0.05, 0.1) is 11.3 Å². The number of thioether (sulfide) groups is 1. The van der Waals surface area contributed by atoms with Crippen LogP contribution in [0.5, 0.6) is 0 Å². The number of nitrogens with zero attached hydrogens (tertiary/aromatic N) is 1. The summed E-state index contributed by atoms with van der Waals surface area (Å²) < 4.78 is 29.0. The van der Waals surface area contributed by atoms with E-state index in [1.807, 2.05) is 37.3 Å². The highest BCUT2D eigenvalue weighted by Crippen LogP contribution is 2.36. The average Bonchev–Trinajstić information content (AvgIpc) is 3.14. The highest BCUT2D eigenvalue weighted by atomic mass is 32.2. The van der Waals surface area contributed by atoms with Crippen molar-refractivity contribution in [3.8, 4) is 6.07 Å². The van der Waals surface area contributed by atoms with E-state index in [2.05, 4.69) is 18.5 Å². The normalized spacial score (nSPS) is 18.2. The molecule has 0 saturated heterocycles. The van der Waals surface area contributed by atoms with Crippen molar-refractivity contribution in [3.63, 3.8) is 0 Å². The third kappa shape index (κ3) is 7.10. The van der Waals surface area contributed by atoms with Gasteiger partial charge in [-0.05, 0) is 30.5 Å². The molecule has 5 nitrogen and oxygen atoms in total. The van der Waals surface area contributed by atoms with Gasteiger partial charge in [0.2, 0.25) is 0 Å². The summed E-state index contributed by atoms with van der Waals surface area (Å²) >= 11 is 1.37. The molecule has 0 spiro atoms. The molecule has 2 rings (SSSR count). The first kappa shape index (κ1) is 22.7. The number of hydroxylamine groups is 1. The van der Waals surface area contributed by atoms with Crippen LogP contribution in [0.25, 0.3) is 5.57 Å². The van der Waals surface area contributed by atoms with E-state index in [1.165, 1.54) is 24.6 Å². The second-order valence-corrected chi connectivity index (χ2v) is 9.67. The lowest BCUT2D eigenvalue weighted by Crippen LogP contribution is -2.28. The fourth-order valence-electron chi connectivity index (χ4n) is 2.92. The summed E-state index contributed by atoms with van der Waals surface area (Å²) in [5, 5.41) is 9.24. The average molecular weight is 421 g/mol. The molecule has 7 heteroatoms. The predicted octanol–water partition coefficient (Wildman–Crippen LogP) is 5.07. The van der Waals surface area contributed by atoms with Crippen molar-refractivity contribution in [3.05, 3.63) is 52.4 Å². The van der Waals surface area contributed by atoms with Crippen molar-refractivity contribution < 1.29 is 12.7 Å². The van der Waals surface area contributed by atoms with Crippen molar-refractivity contribution in [2.24, 2.45) is 0 Å². The van der Waals surface area contributed by atoms with E-state index in [0.29, 0.717) is 12.0 Å². The monoisotopic (exact) mass is 420 g/mol. The van der Waals surface area contributed by atoms with Crippen LogP contribution < -0.4 is 5.48 Å². The van der Waals surface area contributed by atoms with Crippen LogP contribution in [0.3, 0.4) is 0 Å². The Morgan fingerprint density at radius 1 is 1.21 bits per heavy atom. The molecule has 1 aromatic carbocycles. The number of nitrogens with one attached hydrogen (secondary N) is 1. The van der Waals surface area contributed by atoms with Crippen LogP contribution in [-0.4, -0.2) is 19.5 Å². The minimum Gasteiger partial charge on any atom is -0.198 e. The Bertz CT molecular complexity index is 855. The van der Waals surface area contributed by atoms with Crippen LogP contribution in [0.2, 0.25) is 0 Å². The Labute approximate surface area is 172 Å². The van der Waals surface area contributed by atoms with Crippen LogP contribution in [-0.2, 0) is 14.4 Å². The van der Waals surface area contributed by atoms with Gasteiger partial charge in [-0.2, -0.15) is 23.4 Å². The Kier molecular flexibility index (Phi) is 9.26. The maximum absolute atomic E-state index is 12.0. The molecule has 28 heavy (non-hydrogen) atoms. The van der Waals surface area contributed by atoms with Crippen LogP contribution in [0.4, 0.5) is 0 Å². The van der Waals surface area contributed by atoms with E-state index in [0.717, 1.165) is 35.3 Å². The number of benzene rings is 1. The van der Waals surface area contributed by atoms with Gasteiger partial charge in [0.15, 0.2) is 0 Å². The third-order valence-electron chi connectivity index (χ3n) is 4.49. The fourth-order valence-corrected chi connectivity index (χ4v) is 4.83. The molecule has 0 aromatic heterocycles. The molecule has 1 heterocycles. The highest BCUT2D eigenvalue weighted by molar-refractivity contribution is 8.04. The third-order valence-corrected chi connectivity index (χ3v) is 6.73. The van der Waals surface area contributed by atoms with Gasteiger partial charge in [0.25, 0.3) is 10.1 Å². The molecule has 1 N–H and O–H groups in total. The molecule has 1 unspecified atom stereocenters. The lowest BCUT2D eigenvalue weighted by Gasteiger charge is -2.11. The fraction of sp³-hybridized carbons (Fsp3) is 0.476. The van der Waals surface area contributed by atoms with Gasteiger partial charge >= 0.3 is 0 Å². The molecule has 1 atom stereocenters. The molecule has 1 aliphatic rings. The summed E-state index contributed by atoms with van der Waals surface area (Å²) in [5.74, 6) is 0.0164. The number of hydrogen-bond donors (Lipinski definition) is 1. The van der Waals surface area contributed by atoms with Crippen LogP contribution >= 0.6 is 11.8 Å². The molecule has 1 aromatic rings.